The maximum Gasteiger partial charge on any atom is 0.279 e. The van der Waals surface area contributed by atoms with Gasteiger partial charge in [0.1, 0.15) is 11.5 Å². The Bertz CT molecular complexity index is 768. The SMILES string of the molecule is CCOc1ccc(O[C@@H](C)C(=O)NNC(=O)/C=C/c2sccc2C)cc1. The van der Waals surface area contributed by atoms with Gasteiger partial charge in [-0.3, -0.25) is 20.4 Å². The molecule has 0 saturated heterocycles. The third-order valence-corrected chi connectivity index (χ3v) is 4.40. The predicted molar refractivity (Wildman–Crippen MR) is 102 cm³/mol. The van der Waals surface area contributed by atoms with Crippen LogP contribution in [-0.4, -0.2) is 24.5 Å². The van der Waals surface area contributed by atoms with Gasteiger partial charge in [0, 0.05) is 11.0 Å². The molecule has 2 aromatic rings. The zero-order chi connectivity index (χ0) is 18.9. The lowest BCUT2D eigenvalue weighted by atomic mass is 10.3. The molecule has 1 heterocycles. The first-order valence-electron chi connectivity index (χ1n) is 8.21. The van der Waals surface area contributed by atoms with Gasteiger partial charge in [-0.1, -0.05) is 0 Å². The highest BCUT2D eigenvalue weighted by atomic mass is 32.1. The third kappa shape index (κ3) is 5.93. The topological polar surface area (TPSA) is 76.7 Å². The number of hydrogen-bond acceptors (Lipinski definition) is 5. The second-order valence-electron chi connectivity index (χ2n) is 5.44. The summed E-state index contributed by atoms with van der Waals surface area (Å²) in [4.78, 5) is 24.8. The number of thiophene rings is 1. The maximum atomic E-state index is 12.0. The molecule has 0 aliphatic rings. The number of carbonyl (C=O) groups is 2. The fourth-order valence-corrected chi connectivity index (χ4v) is 2.83. The van der Waals surface area contributed by atoms with E-state index in [4.69, 9.17) is 9.47 Å². The van der Waals surface area contributed by atoms with Gasteiger partial charge in [-0.25, -0.2) is 0 Å². The van der Waals surface area contributed by atoms with Crippen LogP contribution in [0.1, 0.15) is 24.3 Å². The quantitative estimate of drug-likeness (QED) is 0.577. The molecule has 0 bridgehead atoms. The summed E-state index contributed by atoms with van der Waals surface area (Å²) in [5.41, 5.74) is 5.78. The molecule has 138 valence electrons. The number of hydrogen-bond donors (Lipinski definition) is 2. The Morgan fingerprint density at radius 1 is 1.15 bits per heavy atom. The van der Waals surface area contributed by atoms with Crippen LogP contribution in [0.5, 0.6) is 11.5 Å². The summed E-state index contributed by atoms with van der Waals surface area (Å²) in [6.45, 7) is 6.06. The Morgan fingerprint density at radius 2 is 1.85 bits per heavy atom. The van der Waals surface area contributed by atoms with Gasteiger partial charge in [0.15, 0.2) is 6.10 Å². The van der Waals surface area contributed by atoms with Gasteiger partial charge in [0.2, 0.25) is 0 Å². The van der Waals surface area contributed by atoms with E-state index >= 15 is 0 Å². The van der Waals surface area contributed by atoms with Gasteiger partial charge in [0.25, 0.3) is 11.8 Å². The van der Waals surface area contributed by atoms with Gasteiger partial charge >= 0.3 is 0 Å². The first-order chi connectivity index (χ1) is 12.5. The lowest BCUT2D eigenvalue weighted by Gasteiger charge is -2.15. The van der Waals surface area contributed by atoms with Crippen molar-refractivity contribution < 1.29 is 19.1 Å². The Balaban J connectivity index is 1.78. The van der Waals surface area contributed by atoms with Crippen LogP contribution in [0.4, 0.5) is 0 Å². The van der Waals surface area contributed by atoms with E-state index < -0.39 is 17.9 Å². The monoisotopic (exact) mass is 374 g/mol. The van der Waals surface area contributed by atoms with E-state index in [1.807, 2.05) is 25.3 Å². The van der Waals surface area contributed by atoms with Crippen molar-refractivity contribution in [1.29, 1.82) is 0 Å². The molecule has 0 spiro atoms. The van der Waals surface area contributed by atoms with Crippen molar-refractivity contribution in [2.24, 2.45) is 0 Å². The number of ether oxygens (including phenoxy) is 2. The smallest absolute Gasteiger partial charge is 0.279 e. The number of rotatable bonds is 7. The number of benzene rings is 1. The molecule has 0 aliphatic heterocycles. The average Bonchev–Trinajstić information content (AvgIpc) is 3.04. The van der Waals surface area contributed by atoms with Crippen molar-refractivity contribution in [3.8, 4) is 11.5 Å². The lowest BCUT2D eigenvalue weighted by molar-refractivity contribution is -0.131. The molecule has 0 unspecified atom stereocenters. The molecule has 1 aromatic carbocycles. The van der Waals surface area contributed by atoms with E-state index in [0.717, 1.165) is 16.2 Å². The van der Waals surface area contributed by atoms with E-state index in [-0.39, 0.29) is 0 Å². The van der Waals surface area contributed by atoms with Crippen molar-refractivity contribution in [2.75, 3.05) is 6.61 Å². The van der Waals surface area contributed by atoms with Crippen LogP contribution in [0.25, 0.3) is 6.08 Å². The predicted octanol–water partition coefficient (Wildman–Crippen LogP) is 3.08. The Kier molecular flexibility index (Phi) is 7.23. The molecule has 6 nitrogen and oxygen atoms in total. The minimum atomic E-state index is -0.767. The molecule has 2 rings (SSSR count). The van der Waals surface area contributed by atoms with Gasteiger partial charge in [-0.2, -0.15) is 0 Å². The van der Waals surface area contributed by atoms with Crippen LogP contribution in [0, 0.1) is 6.92 Å². The van der Waals surface area contributed by atoms with Crippen molar-refractivity contribution in [3.05, 3.63) is 52.2 Å². The van der Waals surface area contributed by atoms with Gasteiger partial charge < -0.3 is 9.47 Å². The maximum absolute atomic E-state index is 12.0. The van der Waals surface area contributed by atoms with Gasteiger partial charge in [0.05, 0.1) is 6.61 Å². The summed E-state index contributed by atoms with van der Waals surface area (Å²) in [5.74, 6) is 0.403. The number of amides is 2. The van der Waals surface area contributed by atoms with Gasteiger partial charge in [-0.15, -0.1) is 11.3 Å². The molecule has 0 saturated carbocycles. The highest BCUT2D eigenvalue weighted by Crippen LogP contribution is 2.18. The zero-order valence-electron chi connectivity index (χ0n) is 14.9. The highest BCUT2D eigenvalue weighted by Gasteiger charge is 2.15. The molecule has 0 radical (unpaired) electrons. The van der Waals surface area contributed by atoms with E-state index in [0.29, 0.717) is 12.4 Å². The van der Waals surface area contributed by atoms with Crippen molar-refractivity contribution in [2.45, 2.75) is 26.9 Å². The highest BCUT2D eigenvalue weighted by molar-refractivity contribution is 7.11. The number of aryl methyl sites for hydroxylation is 1. The van der Waals surface area contributed by atoms with Crippen LogP contribution >= 0.6 is 11.3 Å². The standard InChI is InChI=1S/C19H22N2O4S/c1-4-24-15-5-7-16(8-6-15)25-14(3)19(23)21-20-18(22)10-9-17-13(2)11-12-26-17/h5-12,14H,4H2,1-3H3,(H,20,22)(H,21,23)/b10-9+/t14-/m0/s1. The van der Waals surface area contributed by atoms with Gasteiger partial charge in [-0.05, 0) is 68.1 Å². The zero-order valence-corrected chi connectivity index (χ0v) is 15.8. The molecule has 2 N–H and O–H groups in total. The summed E-state index contributed by atoms with van der Waals surface area (Å²) in [7, 11) is 0. The second-order valence-corrected chi connectivity index (χ2v) is 6.39. The summed E-state index contributed by atoms with van der Waals surface area (Å²) in [5, 5.41) is 1.95. The van der Waals surface area contributed by atoms with Crippen molar-refractivity contribution in [1.82, 2.24) is 10.9 Å². The normalized spacial score (nSPS) is 11.8. The molecule has 1 atom stereocenters. The molecule has 2 amide bonds. The van der Waals surface area contributed by atoms with Crippen LogP contribution in [0.15, 0.2) is 41.8 Å². The van der Waals surface area contributed by atoms with Crippen LogP contribution < -0.4 is 20.3 Å². The van der Waals surface area contributed by atoms with E-state index in [2.05, 4.69) is 10.9 Å². The average molecular weight is 374 g/mol. The molecule has 0 fully saturated rings. The lowest BCUT2D eigenvalue weighted by Crippen LogP contribution is -2.46. The summed E-state index contributed by atoms with van der Waals surface area (Å²) >= 11 is 1.54. The van der Waals surface area contributed by atoms with E-state index in [9.17, 15) is 9.59 Å². The first-order valence-corrected chi connectivity index (χ1v) is 9.09. The molecular formula is C19H22N2O4S. The Morgan fingerprint density at radius 3 is 2.46 bits per heavy atom. The number of nitrogens with one attached hydrogen (secondary N) is 2. The number of hydrazine groups is 1. The minimum absolute atomic E-state index is 0.417. The van der Waals surface area contributed by atoms with Crippen molar-refractivity contribution in [3.63, 3.8) is 0 Å². The molecule has 7 heteroatoms. The minimum Gasteiger partial charge on any atom is -0.494 e. The summed E-state index contributed by atoms with van der Waals surface area (Å²) < 4.78 is 10.9. The molecular weight excluding hydrogens is 352 g/mol. The van der Waals surface area contributed by atoms with Crippen LogP contribution in [-0.2, 0) is 9.59 Å². The van der Waals surface area contributed by atoms with Crippen LogP contribution in [0.2, 0.25) is 0 Å². The third-order valence-electron chi connectivity index (χ3n) is 3.41. The largest absolute Gasteiger partial charge is 0.494 e. The Labute approximate surface area is 156 Å². The second kappa shape index (κ2) is 9.62. The number of carbonyl (C=O) groups excluding carboxylic acids is 2. The molecule has 26 heavy (non-hydrogen) atoms. The fraction of sp³-hybridized carbons (Fsp3) is 0.263. The van der Waals surface area contributed by atoms with Crippen molar-refractivity contribution >= 4 is 29.2 Å². The summed E-state index contributed by atoms with van der Waals surface area (Å²) in [6, 6.07) is 8.95. The first kappa shape index (κ1) is 19.5. The summed E-state index contributed by atoms with van der Waals surface area (Å²) in [6.07, 6.45) is 2.31. The molecule has 0 aliphatic carbocycles. The van der Waals surface area contributed by atoms with E-state index in [1.165, 1.54) is 6.08 Å². The fourth-order valence-electron chi connectivity index (χ4n) is 2.01. The van der Waals surface area contributed by atoms with E-state index in [1.54, 1.807) is 48.6 Å². The van der Waals surface area contributed by atoms with Crippen LogP contribution in [0.3, 0.4) is 0 Å². The Hall–Kier alpha value is -2.80. The molecule has 1 aromatic heterocycles.